The van der Waals surface area contributed by atoms with E-state index in [0.29, 0.717) is 18.6 Å². The molecule has 1 N–H and O–H groups in total. The number of rotatable bonds is 3. The predicted molar refractivity (Wildman–Crippen MR) is 86.1 cm³/mol. The Morgan fingerprint density at radius 1 is 0.963 bits per heavy atom. The minimum atomic E-state index is -5.06. The van der Waals surface area contributed by atoms with Gasteiger partial charge in [0.1, 0.15) is 0 Å². The van der Waals surface area contributed by atoms with Crippen LogP contribution in [0.15, 0.2) is 18.2 Å². The molecule has 1 amide bonds. The Kier molecular flexibility index (Phi) is 5.42. The van der Waals surface area contributed by atoms with Crippen LogP contribution in [-0.4, -0.2) is 36.0 Å². The highest BCUT2D eigenvalue weighted by molar-refractivity contribution is 5.96. The van der Waals surface area contributed by atoms with Crippen LogP contribution < -0.4 is 5.32 Å². The quantitative estimate of drug-likeness (QED) is 0.768. The minimum absolute atomic E-state index is 0.00150. The van der Waals surface area contributed by atoms with E-state index in [2.05, 4.69) is 10.2 Å². The third-order valence-corrected chi connectivity index (χ3v) is 5.30. The van der Waals surface area contributed by atoms with Crippen LogP contribution in [0.2, 0.25) is 0 Å². The van der Waals surface area contributed by atoms with Crippen LogP contribution in [0.1, 0.15) is 53.6 Å². The lowest BCUT2D eigenvalue weighted by Gasteiger charge is -2.30. The number of alkyl halides is 6. The van der Waals surface area contributed by atoms with Crippen molar-refractivity contribution in [2.24, 2.45) is 0 Å². The van der Waals surface area contributed by atoms with Crippen LogP contribution >= 0.6 is 0 Å². The topological polar surface area (TPSA) is 32.3 Å². The molecule has 1 aromatic carbocycles. The first-order chi connectivity index (χ1) is 12.6. The molecule has 1 aliphatic heterocycles. The van der Waals surface area contributed by atoms with Crippen LogP contribution in [0.25, 0.3) is 0 Å². The SMILES string of the molecule is O=C(NC1CCCC1N1CCCC1)c1ccc(C(F)(F)F)cc1C(F)(F)F. The molecule has 27 heavy (non-hydrogen) atoms. The normalized spacial score (nSPS) is 24.4. The summed E-state index contributed by atoms with van der Waals surface area (Å²) in [4.78, 5) is 14.7. The molecule has 1 saturated carbocycles. The number of carbonyl (C=O) groups excluding carboxylic acids is 1. The third kappa shape index (κ3) is 4.39. The number of nitrogens with one attached hydrogen (secondary N) is 1. The maximum absolute atomic E-state index is 13.3. The van der Waals surface area contributed by atoms with Crippen molar-refractivity contribution in [2.75, 3.05) is 13.1 Å². The summed E-state index contributed by atoms with van der Waals surface area (Å²) in [5, 5.41) is 2.63. The van der Waals surface area contributed by atoms with Gasteiger partial charge in [0.25, 0.3) is 5.91 Å². The van der Waals surface area contributed by atoms with E-state index in [0.717, 1.165) is 38.8 Å². The summed E-state index contributed by atoms with van der Waals surface area (Å²) in [7, 11) is 0. The largest absolute Gasteiger partial charge is 0.417 e. The summed E-state index contributed by atoms with van der Waals surface area (Å²) < 4.78 is 78.1. The smallest absolute Gasteiger partial charge is 0.348 e. The summed E-state index contributed by atoms with van der Waals surface area (Å²) in [5.74, 6) is -0.979. The number of amides is 1. The van der Waals surface area contributed by atoms with Gasteiger partial charge in [-0.15, -0.1) is 0 Å². The molecular weight excluding hydrogens is 374 g/mol. The van der Waals surface area contributed by atoms with Crippen LogP contribution in [0.3, 0.4) is 0 Å². The van der Waals surface area contributed by atoms with Crippen molar-refractivity contribution in [1.82, 2.24) is 10.2 Å². The average molecular weight is 394 g/mol. The molecule has 2 atom stereocenters. The van der Waals surface area contributed by atoms with Gasteiger partial charge in [0.05, 0.1) is 16.7 Å². The van der Waals surface area contributed by atoms with Gasteiger partial charge < -0.3 is 5.32 Å². The molecule has 2 aliphatic rings. The fraction of sp³-hybridized carbons (Fsp3) is 0.611. The molecule has 0 aromatic heterocycles. The Morgan fingerprint density at radius 3 is 2.22 bits per heavy atom. The molecule has 1 heterocycles. The summed E-state index contributed by atoms with van der Waals surface area (Å²) in [6.07, 6.45) is -5.52. The summed E-state index contributed by atoms with van der Waals surface area (Å²) >= 11 is 0. The fourth-order valence-electron chi connectivity index (χ4n) is 4.02. The number of hydrogen-bond donors (Lipinski definition) is 1. The number of nitrogens with zero attached hydrogens (tertiary/aromatic N) is 1. The van der Waals surface area contributed by atoms with E-state index < -0.39 is 35.0 Å². The second kappa shape index (κ2) is 7.33. The molecule has 1 aliphatic carbocycles. The molecule has 2 unspecified atom stereocenters. The molecule has 3 rings (SSSR count). The van der Waals surface area contributed by atoms with E-state index in [-0.39, 0.29) is 18.2 Å². The number of hydrogen-bond acceptors (Lipinski definition) is 2. The van der Waals surface area contributed by atoms with E-state index in [1.807, 2.05) is 0 Å². The van der Waals surface area contributed by atoms with Gasteiger partial charge in [-0.25, -0.2) is 0 Å². The Hall–Kier alpha value is -1.77. The van der Waals surface area contributed by atoms with Crippen molar-refractivity contribution in [2.45, 2.75) is 56.5 Å². The lowest BCUT2D eigenvalue weighted by atomic mass is 10.0. The zero-order valence-electron chi connectivity index (χ0n) is 14.5. The van der Waals surface area contributed by atoms with E-state index in [4.69, 9.17) is 0 Å². The van der Waals surface area contributed by atoms with Crippen molar-refractivity contribution in [3.63, 3.8) is 0 Å². The molecule has 1 aromatic rings. The van der Waals surface area contributed by atoms with Crippen LogP contribution in [0, 0.1) is 0 Å². The van der Waals surface area contributed by atoms with Gasteiger partial charge in [-0.1, -0.05) is 0 Å². The Balaban J connectivity index is 1.83. The highest BCUT2D eigenvalue weighted by Crippen LogP contribution is 2.37. The van der Waals surface area contributed by atoms with Crippen LogP contribution in [-0.2, 0) is 12.4 Å². The monoisotopic (exact) mass is 394 g/mol. The molecule has 150 valence electrons. The van der Waals surface area contributed by atoms with Crippen molar-refractivity contribution < 1.29 is 31.1 Å². The molecule has 1 saturated heterocycles. The van der Waals surface area contributed by atoms with Gasteiger partial charge in [-0.2, -0.15) is 26.3 Å². The molecule has 2 fully saturated rings. The van der Waals surface area contributed by atoms with Gasteiger partial charge in [0.15, 0.2) is 0 Å². The van der Waals surface area contributed by atoms with Crippen molar-refractivity contribution in [3.8, 4) is 0 Å². The molecule has 9 heteroatoms. The fourth-order valence-corrected chi connectivity index (χ4v) is 4.02. The molecule has 3 nitrogen and oxygen atoms in total. The zero-order valence-corrected chi connectivity index (χ0v) is 14.5. The van der Waals surface area contributed by atoms with Gasteiger partial charge in [0.2, 0.25) is 0 Å². The Labute approximate surface area is 152 Å². The first kappa shape index (κ1) is 20.0. The van der Waals surface area contributed by atoms with Crippen molar-refractivity contribution in [1.29, 1.82) is 0 Å². The first-order valence-electron chi connectivity index (χ1n) is 8.91. The highest BCUT2D eigenvalue weighted by atomic mass is 19.4. The predicted octanol–water partition coefficient (Wildman–Crippen LogP) is 4.47. The van der Waals surface area contributed by atoms with Crippen LogP contribution in [0.5, 0.6) is 0 Å². The maximum atomic E-state index is 13.3. The van der Waals surface area contributed by atoms with Crippen molar-refractivity contribution >= 4 is 5.91 Å². The van der Waals surface area contributed by atoms with Gasteiger partial charge in [0, 0.05) is 12.1 Å². The second-order valence-electron chi connectivity index (χ2n) is 7.08. The number of likely N-dealkylation sites (tertiary alicyclic amines) is 1. The highest BCUT2D eigenvalue weighted by Gasteiger charge is 2.40. The molecular formula is C18H20F6N2O. The maximum Gasteiger partial charge on any atom is 0.417 e. The third-order valence-electron chi connectivity index (χ3n) is 5.30. The summed E-state index contributed by atoms with van der Waals surface area (Å²) in [6.45, 7) is 1.79. The lowest BCUT2D eigenvalue weighted by molar-refractivity contribution is -0.143. The summed E-state index contributed by atoms with van der Waals surface area (Å²) in [5.41, 5.74) is -3.77. The Bertz CT molecular complexity index is 694. The summed E-state index contributed by atoms with van der Waals surface area (Å²) in [6, 6.07) is 0.901. The average Bonchev–Trinajstić information content (AvgIpc) is 3.23. The minimum Gasteiger partial charge on any atom is -0.348 e. The van der Waals surface area contributed by atoms with E-state index in [9.17, 15) is 31.1 Å². The van der Waals surface area contributed by atoms with E-state index >= 15 is 0 Å². The number of halogens is 6. The van der Waals surface area contributed by atoms with E-state index in [1.165, 1.54) is 0 Å². The molecule has 0 radical (unpaired) electrons. The van der Waals surface area contributed by atoms with Gasteiger partial charge in [-0.05, 0) is 63.4 Å². The number of benzene rings is 1. The Morgan fingerprint density at radius 2 is 1.63 bits per heavy atom. The second-order valence-corrected chi connectivity index (χ2v) is 7.08. The van der Waals surface area contributed by atoms with E-state index in [1.54, 1.807) is 0 Å². The van der Waals surface area contributed by atoms with Gasteiger partial charge >= 0.3 is 12.4 Å². The molecule has 0 bridgehead atoms. The number of carbonyl (C=O) groups is 1. The van der Waals surface area contributed by atoms with Crippen molar-refractivity contribution in [3.05, 3.63) is 34.9 Å². The molecule has 0 spiro atoms. The van der Waals surface area contributed by atoms with Crippen LogP contribution in [0.4, 0.5) is 26.3 Å². The lowest BCUT2D eigenvalue weighted by Crippen LogP contribution is -2.48. The standard InChI is InChI=1S/C18H20F6N2O/c19-17(20,21)11-6-7-12(13(10-11)18(22,23)24)16(27)25-14-4-3-5-15(14)26-8-1-2-9-26/h6-7,10,14-15H,1-5,8-9H2,(H,25,27). The van der Waals surface area contributed by atoms with Gasteiger partial charge in [-0.3, -0.25) is 9.69 Å². The first-order valence-corrected chi connectivity index (χ1v) is 8.91. The zero-order chi connectivity index (χ0) is 19.8.